The van der Waals surface area contributed by atoms with Crippen LogP contribution in [0.5, 0.6) is 0 Å². The lowest BCUT2D eigenvalue weighted by Gasteiger charge is -2.38. The molecule has 0 spiro atoms. The molecule has 3 heteroatoms. The van der Waals surface area contributed by atoms with Crippen molar-refractivity contribution in [3.05, 3.63) is 11.1 Å². The molecule has 0 aromatic rings. The van der Waals surface area contributed by atoms with Crippen LogP contribution in [0.1, 0.15) is 52.9 Å². The molecule has 1 aliphatic rings. The van der Waals surface area contributed by atoms with Gasteiger partial charge >= 0.3 is 5.97 Å². The van der Waals surface area contributed by atoms with Crippen LogP contribution in [0.15, 0.2) is 11.1 Å². The summed E-state index contributed by atoms with van der Waals surface area (Å²) in [4.78, 5) is 11.5. The van der Waals surface area contributed by atoms with Crippen LogP contribution < -0.4 is 0 Å². The first-order chi connectivity index (χ1) is 7.91. The number of aliphatic carboxylic acids is 1. The molecule has 1 aliphatic carbocycles. The maximum atomic E-state index is 11.5. The molecule has 0 aromatic heterocycles. The molecule has 0 heterocycles. The molecule has 0 aromatic carbocycles. The minimum absolute atomic E-state index is 0.569. The molecule has 1 rings (SSSR count). The Balaban J connectivity index is 2.74. The van der Waals surface area contributed by atoms with E-state index >= 15 is 0 Å². The fourth-order valence-corrected chi connectivity index (χ4v) is 2.98. The molecule has 17 heavy (non-hydrogen) atoms. The van der Waals surface area contributed by atoms with Crippen molar-refractivity contribution in [3.8, 4) is 0 Å². The number of allylic oxidation sites excluding steroid dienone is 1. The van der Waals surface area contributed by atoms with Crippen LogP contribution in [0, 0.1) is 17.3 Å². The van der Waals surface area contributed by atoms with Crippen molar-refractivity contribution in [3.63, 3.8) is 0 Å². The second-order valence-corrected chi connectivity index (χ2v) is 6.02. The quantitative estimate of drug-likeness (QED) is 0.810. The predicted molar refractivity (Wildman–Crippen MR) is 71.1 cm³/mol. The van der Waals surface area contributed by atoms with Gasteiger partial charge in [-0.05, 0) is 50.9 Å². The maximum Gasteiger partial charge on any atom is 0.309 e. The largest absolute Gasteiger partial charge is 0.481 e. The Labute approximate surface area is 109 Å². The molecule has 0 amide bonds. The van der Waals surface area contributed by atoms with Gasteiger partial charge in [-0.2, -0.15) is 0 Å². The van der Waals surface area contributed by atoms with E-state index in [4.69, 9.17) is 11.6 Å². The Hall–Kier alpha value is -0.500. The highest BCUT2D eigenvalue weighted by molar-refractivity contribution is 6.25. The molecule has 0 aliphatic heterocycles. The molecule has 1 saturated carbocycles. The molecule has 1 N–H and O–H groups in total. The van der Waals surface area contributed by atoms with E-state index in [9.17, 15) is 9.90 Å². The van der Waals surface area contributed by atoms with E-state index in [1.54, 1.807) is 0 Å². The Morgan fingerprint density at radius 3 is 2.35 bits per heavy atom. The van der Waals surface area contributed by atoms with Crippen LogP contribution in [-0.4, -0.2) is 11.1 Å². The molecule has 98 valence electrons. The zero-order valence-corrected chi connectivity index (χ0v) is 11.8. The first-order valence-corrected chi connectivity index (χ1v) is 6.84. The van der Waals surface area contributed by atoms with Gasteiger partial charge in [0.1, 0.15) is 0 Å². The monoisotopic (exact) mass is 258 g/mol. The summed E-state index contributed by atoms with van der Waals surface area (Å²) in [7, 11) is 0. The van der Waals surface area contributed by atoms with Gasteiger partial charge in [0.15, 0.2) is 0 Å². The van der Waals surface area contributed by atoms with E-state index < -0.39 is 11.4 Å². The maximum absolute atomic E-state index is 11.5. The lowest BCUT2D eigenvalue weighted by Crippen LogP contribution is -2.36. The van der Waals surface area contributed by atoms with Crippen LogP contribution >= 0.6 is 11.6 Å². The smallest absolute Gasteiger partial charge is 0.309 e. The minimum Gasteiger partial charge on any atom is -0.481 e. The van der Waals surface area contributed by atoms with Crippen LogP contribution in [-0.2, 0) is 4.79 Å². The highest BCUT2D eigenvalue weighted by Gasteiger charge is 2.42. The van der Waals surface area contributed by atoms with Crippen molar-refractivity contribution < 1.29 is 9.90 Å². The van der Waals surface area contributed by atoms with Gasteiger partial charge in [0.2, 0.25) is 0 Å². The summed E-state index contributed by atoms with van der Waals surface area (Å²) in [6.07, 6.45) is 4.22. The summed E-state index contributed by atoms with van der Waals surface area (Å²) in [5, 5.41) is 9.49. The van der Waals surface area contributed by atoms with Crippen molar-refractivity contribution in [2.75, 3.05) is 0 Å². The number of rotatable bonds is 4. The van der Waals surface area contributed by atoms with Gasteiger partial charge in [-0.3, -0.25) is 4.79 Å². The Morgan fingerprint density at radius 1 is 1.47 bits per heavy atom. The molecular weight excluding hydrogens is 236 g/mol. The molecule has 1 fully saturated rings. The zero-order chi connectivity index (χ0) is 13.1. The summed E-state index contributed by atoms with van der Waals surface area (Å²) in [6.45, 7) is 6.36. The Bertz CT molecular complexity index is 299. The average Bonchev–Trinajstić information content (AvgIpc) is 2.29. The number of halogens is 1. The van der Waals surface area contributed by atoms with Gasteiger partial charge < -0.3 is 5.11 Å². The van der Waals surface area contributed by atoms with Crippen molar-refractivity contribution in [1.29, 1.82) is 0 Å². The second-order valence-electron chi connectivity index (χ2n) is 5.80. The number of hydrogen-bond acceptors (Lipinski definition) is 1. The Kier molecular flexibility index (Phi) is 5.05. The van der Waals surface area contributed by atoms with Crippen molar-refractivity contribution >= 4 is 17.6 Å². The van der Waals surface area contributed by atoms with E-state index in [2.05, 4.69) is 13.8 Å². The van der Waals surface area contributed by atoms with Crippen molar-refractivity contribution in [2.45, 2.75) is 52.9 Å². The Morgan fingerprint density at radius 2 is 2.00 bits per heavy atom. The third-order valence-electron chi connectivity index (χ3n) is 4.19. The summed E-state index contributed by atoms with van der Waals surface area (Å²) in [6, 6.07) is 0. The van der Waals surface area contributed by atoms with Gasteiger partial charge in [-0.25, -0.2) is 0 Å². The number of carbonyl (C=O) groups is 1. The van der Waals surface area contributed by atoms with Gasteiger partial charge in [0, 0.05) is 5.54 Å². The second kappa shape index (κ2) is 5.90. The lowest BCUT2D eigenvalue weighted by molar-refractivity contribution is -0.151. The van der Waals surface area contributed by atoms with Crippen molar-refractivity contribution in [2.24, 2.45) is 17.3 Å². The predicted octanol–water partition coefficient (Wildman–Crippen LogP) is 4.44. The zero-order valence-electron chi connectivity index (χ0n) is 11.0. The first-order valence-electron chi connectivity index (χ1n) is 6.40. The summed E-state index contributed by atoms with van der Waals surface area (Å²) in [5.74, 6) is 0.687. The summed E-state index contributed by atoms with van der Waals surface area (Å²) >= 11 is 5.66. The van der Waals surface area contributed by atoms with Gasteiger partial charge in [-0.1, -0.05) is 31.0 Å². The fraction of sp³-hybridized carbons (Fsp3) is 0.786. The lowest BCUT2D eigenvalue weighted by atomic mass is 9.65. The molecule has 2 nitrogen and oxygen atoms in total. The topological polar surface area (TPSA) is 37.3 Å². The van der Waals surface area contributed by atoms with Crippen LogP contribution in [0.4, 0.5) is 0 Å². The fourth-order valence-electron chi connectivity index (χ4n) is 2.90. The SMILES string of the molecule is CC(=CCl)CC1(C(=O)O)CCC(C(C)C)CC1. The standard InChI is InChI=1S/C14H23ClO2/c1-10(2)12-4-6-14(7-5-12,13(16)17)8-11(3)9-15/h9-10,12H,4-8H2,1-3H3,(H,16,17). The molecule has 0 unspecified atom stereocenters. The van der Waals surface area contributed by atoms with E-state index in [-0.39, 0.29) is 0 Å². The highest BCUT2D eigenvalue weighted by Crippen LogP contribution is 2.45. The van der Waals surface area contributed by atoms with Gasteiger partial charge in [0.25, 0.3) is 0 Å². The molecular formula is C14H23ClO2. The van der Waals surface area contributed by atoms with E-state index in [1.807, 2.05) is 6.92 Å². The third kappa shape index (κ3) is 3.48. The van der Waals surface area contributed by atoms with Gasteiger partial charge in [0.05, 0.1) is 5.41 Å². The molecule has 0 radical (unpaired) electrons. The number of hydrogen-bond donors (Lipinski definition) is 1. The summed E-state index contributed by atoms with van der Waals surface area (Å²) in [5.41, 5.74) is 1.91. The van der Waals surface area contributed by atoms with E-state index in [1.165, 1.54) is 5.54 Å². The molecule has 0 saturated heterocycles. The minimum atomic E-state index is -0.655. The van der Waals surface area contributed by atoms with Gasteiger partial charge in [-0.15, -0.1) is 0 Å². The van der Waals surface area contributed by atoms with Crippen molar-refractivity contribution in [1.82, 2.24) is 0 Å². The highest BCUT2D eigenvalue weighted by atomic mass is 35.5. The molecule has 0 atom stereocenters. The van der Waals surface area contributed by atoms with Crippen LogP contribution in [0.2, 0.25) is 0 Å². The number of carboxylic acids is 1. The van der Waals surface area contributed by atoms with E-state index in [0.29, 0.717) is 18.3 Å². The summed E-state index contributed by atoms with van der Waals surface area (Å²) < 4.78 is 0. The van der Waals surface area contributed by atoms with E-state index in [0.717, 1.165) is 31.3 Å². The average molecular weight is 259 g/mol. The normalized spacial score (nSPS) is 30.6. The van der Waals surface area contributed by atoms with Crippen LogP contribution in [0.25, 0.3) is 0 Å². The van der Waals surface area contributed by atoms with Crippen LogP contribution in [0.3, 0.4) is 0 Å². The molecule has 0 bridgehead atoms. The number of carboxylic acid groups (broad SMARTS) is 1. The first kappa shape index (κ1) is 14.6. The third-order valence-corrected chi connectivity index (χ3v) is 4.56.